The molecule has 31 heavy (non-hydrogen) atoms. The number of rotatable bonds is 4. The van der Waals surface area contributed by atoms with Crippen LogP contribution >= 0.6 is 0 Å². The molecule has 0 unspecified atom stereocenters. The lowest BCUT2D eigenvalue weighted by atomic mass is 10.1. The van der Waals surface area contributed by atoms with E-state index in [1.165, 1.54) is 4.90 Å². The lowest BCUT2D eigenvalue weighted by Gasteiger charge is -2.33. The average molecular weight is 421 g/mol. The topological polar surface area (TPSA) is 79.0 Å². The van der Waals surface area contributed by atoms with Crippen molar-refractivity contribution in [1.29, 1.82) is 0 Å². The maximum atomic E-state index is 12.8. The molecule has 1 fully saturated rings. The highest BCUT2D eigenvalue weighted by Gasteiger charge is 2.29. The van der Waals surface area contributed by atoms with Crippen LogP contribution in [0.4, 0.5) is 11.4 Å². The maximum absolute atomic E-state index is 12.8. The number of aryl methyl sites for hydroxylation is 2. The Balaban J connectivity index is 1.53. The van der Waals surface area contributed by atoms with Crippen molar-refractivity contribution in [3.63, 3.8) is 0 Å². The predicted molar refractivity (Wildman–Crippen MR) is 119 cm³/mol. The van der Waals surface area contributed by atoms with E-state index in [4.69, 9.17) is 4.74 Å². The van der Waals surface area contributed by atoms with Gasteiger partial charge in [-0.25, -0.2) is 0 Å². The molecule has 1 saturated heterocycles. The van der Waals surface area contributed by atoms with Crippen LogP contribution in [0.3, 0.4) is 0 Å². The summed E-state index contributed by atoms with van der Waals surface area (Å²) in [4.78, 5) is 41.3. The minimum Gasteiger partial charge on any atom is -0.482 e. The number of fused-ring (bicyclic) bond motifs is 1. The van der Waals surface area contributed by atoms with E-state index >= 15 is 0 Å². The fourth-order valence-corrected chi connectivity index (χ4v) is 3.92. The summed E-state index contributed by atoms with van der Waals surface area (Å²) in [5.41, 5.74) is 3.76. The summed E-state index contributed by atoms with van der Waals surface area (Å²) in [6.45, 7) is 5.30. The summed E-state index contributed by atoms with van der Waals surface area (Å²) in [5, 5.41) is 2.88. The zero-order valence-electron chi connectivity index (χ0n) is 17.9. The van der Waals surface area contributed by atoms with Gasteiger partial charge < -0.3 is 15.0 Å². The van der Waals surface area contributed by atoms with E-state index in [2.05, 4.69) is 5.32 Å². The largest absolute Gasteiger partial charge is 0.482 e. The van der Waals surface area contributed by atoms with E-state index in [1.807, 2.05) is 30.9 Å². The lowest BCUT2D eigenvalue weighted by molar-refractivity contribution is -0.132. The number of anilines is 2. The molecule has 162 valence electrons. The van der Waals surface area contributed by atoms with Gasteiger partial charge in [0.1, 0.15) is 12.3 Å². The molecule has 2 aromatic carbocycles. The van der Waals surface area contributed by atoms with Gasteiger partial charge in [-0.1, -0.05) is 6.07 Å². The number of benzene rings is 2. The minimum atomic E-state index is -0.268. The molecule has 0 atom stereocenters. The van der Waals surface area contributed by atoms with Crippen LogP contribution in [-0.4, -0.2) is 48.9 Å². The van der Waals surface area contributed by atoms with E-state index in [-0.39, 0.29) is 30.9 Å². The van der Waals surface area contributed by atoms with Crippen LogP contribution in [0.25, 0.3) is 0 Å². The minimum absolute atomic E-state index is 0.0241. The maximum Gasteiger partial charge on any atom is 0.265 e. The van der Waals surface area contributed by atoms with Gasteiger partial charge in [0.2, 0.25) is 5.91 Å². The van der Waals surface area contributed by atoms with Crippen molar-refractivity contribution in [3.8, 4) is 5.75 Å². The molecule has 2 aliphatic rings. The summed E-state index contributed by atoms with van der Waals surface area (Å²) < 4.78 is 5.54. The summed E-state index contributed by atoms with van der Waals surface area (Å²) in [6.07, 6.45) is 3.12. The van der Waals surface area contributed by atoms with E-state index in [0.29, 0.717) is 22.7 Å². The quantitative estimate of drug-likeness (QED) is 0.822. The summed E-state index contributed by atoms with van der Waals surface area (Å²) in [7, 11) is 0. The smallest absolute Gasteiger partial charge is 0.265 e. The Morgan fingerprint density at radius 2 is 1.77 bits per heavy atom. The molecular formula is C24H27N3O4. The Labute approximate surface area is 182 Å². The van der Waals surface area contributed by atoms with Gasteiger partial charge in [0.25, 0.3) is 11.8 Å². The summed E-state index contributed by atoms with van der Waals surface area (Å²) >= 11 is 0. The van der Waals surface area contributed by atoms with Crippen molar-refractivity contribution in [2.24, 2.45) is 0 Å². The van der Waals surface area contributed by atoms with Crippen molar-refractivity contribution in [1.82, 2.24) is 4.90 Å². The van der Waals surface area contributed by atoms with E-state index < -0.39 is 0 Å². The molecule has 0 aliphatic carbocycles. The van der Waals surface area contributed by atoms with Crippen LogP contribution < -0.4 is 15.0 Å². The molecule has 3 amide bonds. The number of hydrogen-bond acceptors (Lipinski definition) is 4. The van der Waals surface area contributed by atoms with Gasteiger partial charge in [0.05, 0.1) is 5.69 Å². The second kappa shape index (κ2) is 8.79. The number of piperidine rings is 1. The summed E-state index contributed by atoms with van der Waals surface area (Å²) in [6, 6.07) is 10.7. The first kappa shape index (κ1) is 20.9. The highest BCUT2D eigenvalue weighted by Crippen LogP contribution is 2.35. The Hall–Kier alpha value is -3.35. The van der Waals surface area contributed by atoms with Gasteiger partial charge in [0.15, 0.2) is 6.61 Å². The third kappa shape index (κ3) is 4.55. The fraction of sp³-hybridized carbons (Fsp3) is 0.375. The number of carbonyl (C=O) groups is 3. The van der Waals surface area contributed by atoms with E-state index in [0.717, 1.165) is 43.5 Å². The van der Waals surface area contributed by atoms with Gasteiger partial charge in [0, 0.05) is 24.3 Å². The Bertz CT molecular complexity index is 1030. The third-order valence-electron chi connectivity index (χ3n) is 5.93. The number of hydrogen-bond donors (Lipinski definition) is 1. The fourth-order valence-electron chi connectivity index (χ4n) is 3.92. The Morgan fingerprint density at radius 1 is 1.00 bits per heavy atom. The standard InChI is InChI=1S/C24H27N3O4/c1-16-6-7-18(12-17(16)2)24(30)25-19-8-9-21-20(13-19)27(23(29)15-31-21)14-22(28)26-10-4-3-5-11-26/h6-9,12-13H,3-5,10-11,14-15H2,1-2H3,(H,25,30). The van der Waals surface area contributed by atoms with Gasteiger partial charge in [-0.3, -0.25) is 19.3 Å². The lowest BCUT2D eigenvalue weighted by Crippen LogP contribution is -2.47. The van der Waals surface area contributed by atoms with Crippen molar-refractivity contribution < 1.29 is 19.1 Å². The van der Waals surface area contributed by atoms with Crippen molar-refractivity contribution in [2.75, 3.05) is 36.5 Å². The predicted octanol–water partition coefficient (Wildman–Crippen LogP) is 3.29. The molecule has 2 heterocycles. The molecule has 7 nitrogen and oxygen atoms in total. The molecule has 4 rings (SSSR count). The summed E-state index contributed by atoms with van der Waals surface area (Å²) in [5.74, 6) is -0.0433. The van der Waals surface area contributed by atoms with E-state index in [9.17, 15) is 14.4 Å². The molecule has 0 aromatic heterocycles. The Kier molecular flexibility index (Phi) is 5.93. The highest BCUT2D eigenvalue weighted by molar-refractivity contribution is 6.06. The monoisotopic (exact) mass is 421 g/mol. The zero-order valence-corrected chi connectivity index (χ0v) is 17.9. The van der Waals surface area contributed by atoms with Gasteiger partial charge in [-0.05, 0) is 74.6 Å². The van der Waals surface area contributed by atoms with Gasteiger partial charge in [-0.2, -0.15) is 0 Å². The van der Waals surface area contributed by atoms with E-state index in [1.54, 1.807) is 24.3 Å². The van der Waals surface area contributed by atoms with Crippen molar-refractivity contribution in [3.05, 3.63) is 53.1 Å². The van der Waals surface area contributed by atoms with Crippen LogP contribution in [-0.2, 0) is 9.59 Å². The Morgan fingerprint density at radius 3 is 2.52 bits per heavy atom. The molecule has 2 aliphatic heterocycles. The van der Waals surface area contributed by atoms with Crippen LogP contribution in [0, 0.1) is 13.8 Å². The van der Waals surface area contributed by atoms with Crippen LogP contribution in [0.15, 0.2) is 36.4 Å². The second-order valence-electron chi connectivity index (χ2n) is 8.15. The molecule has 0 radical (unpaired) electrons. The second-order valence-corrected chi connectivity index (χ2v) is 8.15. The van der Waals surface area contributed by atoms with Gasteiger partial charge in [-0.15, -0.1) is 0 Å². The highest BCUT2D eigenvalue weighted by atomic mass is 16.5. The third-order valence-corrected chi connectivity index (χ3v) is 5.93. The molecule has 0 saturated carbocycles. The molecule has 0 bridgehead atoms. The normalized spacial score (nSPS) is 15.9. The van der Waals surface area contributed by atoms with Crippen LogP contribution in [0.5, 0.6) is 5.75 Å². The molecule has 2 aromatic rings. The molecule has 1 N–H and O–H groups in total. The molecule has 0 spiro atoms. The molecule has 7 heteroatoms. The number of likely N-dealkylation sites (tertiary alicyclic amines) is 1. The zero-order chi connectivity index (χ0) is 22.0. The number of nitrogens with one attached hydrogen (secondary N) is 1. The van der Waals surface area contributed by atoms with Crippen molar-refractivity contribution in [2.45, 2.75) is 33.1 Å². The van der Waals surface area contributed by atoms with Crippen LogP contribution in [0.2, 0.25) is 0 Å². The number of carbonyl (C=O) groups excluding carboxylic acids is 3. The number of ether oxygens (including phenoxy) is 1. The number of amides is 3. The SMILES string of the molecule is Cc1ccc(C(=O)Nc2ccc3c(c2)N(CC(=O)N2CCCCC2)C(=O)CO3)cc1C. The number of nitrogens with zero attached hydrogens (tertiary/aromatic N) is 2. The first-order valence-corrected chi connectivity index (χ1v) is 10.7. The first-order chi connectivity index (χ1) is 14.9. The molecular weight excluding hydrogens is 394 g/mol. The van der Waals surface area contributed by atoms with Crippen molar-refractivity contribution >= 4 is 29.1 Å². The first-order valence-electron chi connectivity index (χ1n) is 10.7. The van der Waals surface area contributed by atoms with Crippen LogP contribution in [0.1, 0.15) is 40.7 Å². The average Bonchev–Trinajstić information content (AvgIpc) is 2.78. The van der Waals surface area contributed by atoms with Gasteiger partial charge >= 0.3 is 0 Å².